The standard InChI is InChI=1S/C23H24F3N3O3.ClH/c1-3-28(4-2)9-10-29-18-12-15(20(27)30)11-17(23(24,25)26)19(18)22(21(29)31)16-8-6-5-7-14(16)13-32-22;/h5-8,11-12H,3-4,9-10,13H2,1-2H3,(H2,27,30);1H. The number of benzene rings is 2. The Morgan fingerprint density at radius 2 is 1.88 bits per heavy atom. The Morgan fingerprint density at radius 1 is 1.21 bits per heavy atom. The summed E-state index contributed by atoms with van der Waals surface area (Å²) in [5.41, 5.74) is 2.84. The summed E-state index contributed by atoms with van der Waals surface area (Å²) in [6, 6.07) is 8.77. The van der Waals surface area contributed by atoms with Crippen LogP contribution in [0.25, 0.3) is 0 Å². The zero-order valence-electron chi connectivity index (χ0n) is 18.2. The van der Waals surface area contributed by atoms with Crippen LogP contribution < -0.4 is 10.6 Å². The molecule has 2 aromatic rings. The second-order valence-corrected chi connectivity index (χ2v) is 7.89. The van der Waals surface area contributed by atoms with Crippen LogP contribution in [0.1, 0.15) is 46.5 Å². The van der Waals surface area contributed by atoms with Crippen LogP contribution in [0.2, 0.25) is 0 Å². The minimum absolute atomic E-state index is 0. The average Bonchev–Trinajstić information content (AvgIpc) is 3.25. The molecule has 0 radical (unpaired) electrons. The molecule has 0 saturated heterocycles. The lowest BCUT2D eigenvalue weighted by atomic mass is 9.83. The summed E-state index contributed by atoms with van der Waals surface area (Å²) in [4.78, 5) is 29.0. The smallest absolute Gasteiger partial charge is 0.366 e. The van der Waals surface area contributed by atoms with Gasteiger partial charge in [0.25, 0.3) is 5.91 Å². The van der Waals surface area contributed by atoms with E-state index in [1.807, 2.05) is 13.8 Å². The molecule has 6 nitrogen and oxygen atoms in total. The van der Waals surface area contributed by atoms with E-state index in [0.29, 0.717) is 23.7 Å². The molecular formula is C23H25ClF3N3O3. The number of ether oxygens (including phenoxy) is 1. The van der Waals surface area contributed by atoms with Gasteiger partial charge in [-0.2, -0.15) is 13.2 Å². The molecule has 1 spiro atoms. The minimum Gasteiger partial charge on any atom is -0.366 e. The van der Waals surface area contributed by atoms with E-state index < -0.39 is 29.2 Å². The van der Waals surface area contributed by atoms with Gasteiger partial charge in [-0.15, -0.1) is 12.4 Å². The number of primary amides is 1. The Balaban J connectivity index is 0.00000306. The summed E-state index contributed by atoms with van der Waals surface area (Å²) in [7, 11) is 0. The fraction of sp³-hybridized carbons (Fsp3) is 0.391. The van der Waals surface area contributed by atoms with Gasteiger partial charge >= 0.3 is 6.18 Å². The van der Waals surface area contributed by atoms with Crippen LogP contribution in [-0.2, 0) is 27.9 Å². The molecule has 2 heterocycles. The lowest BCUT2D eigenvalue weighted by Crippen LogP contribution is -2.44. The van der Waals surface area contributed by atoms with Gasteiger partial charge in [-0.05, 0) is 30.8 Å². The Labute approximate surface area is 195 Å². The summed E-state index contributed by atoms with van der Waals surface area (Å²) in [5.74, 6) is -1.58. The second-order valence-electron chi connectivity index (χ2n) is 7.89. The molecule has 2 aliphatic heterocycles. The molecule has 33 heavy (non-hydrogen) atoms. The molecule has 2 aromatic carbocycles. The van der Waals surface area contributed by atoms with E-state index in [2.05, 4.69) is 4.90 Å². The SMILES string of the molecule is CCN(CC)CCN1C(=O)C2(OCc3ccccc32)c2c1cc(C(N)=O)cc2C(F)(F)F.Cl. The molecule has 0 fully saturated rings. The molecule has 10 heteroatoms. The third kappa shape index (κ3) is 3.88. The fourth-order valence-corrected chi connectivity index (χ4v) is 4.62. The first-order chi connectivity index (χ1) is 15.1. The van der Waals surface area contributed by atoms with E-state index in [0.717, 1.165) is 13.1 Å². The van der Waals surface area contributed by atoms with Crippen LogP contribution in [-0.4, -0.2) is 42.9 Å². The number of nitrogens with zero attached hydrogens (tertiary/aromatic N) is 2. The van der Waals surface area contributed by atoms with Crippen LogP contribution in [0.3, 0.4) is 0 Å². The fourth-order valence-electron chi connectivity index (χ4n) is 4.62. The lowest BCUT2D eigenvalue weighted by molar-refractivity contribution is -0.144. The van der Waals surface area contributed by atoms with E-state index >= 15 is 0 Å². The number of carbonyl (C=O) groups excluding carboxylic acids is 2. The Kier molecular flexibility index (Phi) is 6.79. The van der Waals surface area contributed by atoms with Gasteiger partial charge in [0.15, 0.2) is 0 Å². The lowest BCUT2D eigenvalue weighted by Gasteiger charge is -2.27. The number of carbonyl (C=O) groups is 2. The molecule has 1 unspecified atom stereocenters. The number of hydrogen-bond donors (Lipinski definition) is 1. The summed E-state index contributed by atoms with van der Waals surface area (Å²) in [6.07, 6.45) is -4.82. The van der Waals surface area contributed by atoms with Crippen molar-refractivity contribution in [3.63, 3.8) is 0 Å². The normalized spacial score (nSPS) is 19.1. The number of halogens is 4. The van der Waals surface area contributed by atoms with Gasteiger partial charge in [0, 0.05) is 29.8 Å². The summed E-state index contributed by atoms with van der Waals surface area (Å²) in [5, 5.41) is 0. The summed E-state index contributed by atoms with van der Waals surface area (Å²) in [6.45, 7) is 6.01. The highest BCUT2D eigenvalue weighted by molar-refractivity contribution is 6.11. The van der Waals surface area contributed by atoms with Crippen molar-refractivity contribution in [2.45, 2.75) is 32.2 Å². The predicted molar refractivity (Wildman–Crippen MR) is 119 cm³/mol. The van der Waals surface area contributed by atoms with Crippen LogP contribution in [0.5, 0.6) is 0 Å². The van der Waals surface area contributed by atoms with E-state index in [4.69, 9.17) is 10.5 Å². The molecule has 0 aromatic heterocycles. The van der Waals surface area contributed by atoms with Crippen molar-refractivity contribution < 1.29 is 27.5 Å². The number of rotatable bonds is 6. The zero-order valence-corrected chi connectivity index (χ0v) is 19.1. The highest BCUT2D eigenvalue weighted by Gasteiger charge is 2.60. The monoisotopic (exact) mass is 483 g/mol. The number of alkyl halides is 3. The van der Waals surface area contributed by atoms with Crippen LogP contribution in [0, 0.1) is 0 Å². The van der Waals surface area contributed by atoms with Gasteiger partial charge in [0.1, 0.15) is 0 Å². The molecule has 4 rings (SSSR count). The second kappa shape index (κ2) is 8.96. The number of fused-ring (bicyclic) bond motifs is 4. The van der Waals surface area contributed by atoms with Crippen LogP contribution >= 0.6 is 12.4 Å². The first-order valence-corrected chi connectivity index (χ1v) is 10.5. The number of hydrogen-bond acceptors (Lipinski definition) is 4. The van der Waals surface area contributed by atoms with Crippen LogP contribution in [0.15, 0.2) is 36.4 Å². The molecule has 0 aliphatic carbocycles. The molecule has 0 bridgehead atoms. The molecule has 2 amide bonds. The Bertz CT molecular complexity index is 1090. The quantitative estimate of drug-likeness (QED) is 0.680. The molecule has 2 N–H and O–H groups in total. The highest BCUT2D eigenvalue weighted by atomic mass is 35.5. The third-order valence-electron chi connectivity index (χ3n) is 6.27. The Hall–Kier alpha value is -2.62. The number of nitrogens with two attached hydrogens (primary N) is 1. The average molecular weight is 484 g/mol. The minimum atomic E-state index is -4.82. The zero-order chi connectivity index (χ0) is 23.3. The van der Waals surface area contributed by atoms with Gasteiger partial charge in [-0.25, -0.2) is 0 Å². The summed E-state index contributed by atoms with van der Waals surface area (Å²) < 4.78 is 48.6. The molecule has 178 valence electrons. The highest BCUT2D eigenvalue weighted by Crippen LogP contribution is 2.55. The van der Waals surface area contributed by atoms with Crippen molar-refractivity contribution in [1.82, 2.24) is 4.90 Å². The topological polar surface area (TPSA) is 75.9 Å². The maximum Gasteiger partial charge on any atom is 0.416 e. The third-order valence-corrected chi connectivity index (χ3v) is 6.27. The van der Waals surface area contributed by atoms with Crippen LogP contribution in [0.4, 0.5) is 18.9 Å². The van der Waals surface area contributed by atoms with Gasteiger partial charge in [-0.1, -0.05) is 38.1 Å². The molecule has 0 saturated carbocycles. The largest absolute Gasteiger partial charge is 0.416 e. The van der Waals surface area contributed by atoms with Gasteiger partial charge in [0.05, 0.1) is 17.9 Å². The van der Waals surface area contributed by atoms with E-state index in [9.17, 15) is 22.8 Å². The van der Waals surface area contributed by atoms with E-state index in [1.54, 1.807) is 24.3 Å². The number of likely N-dealkylation sites (N-methyl/N-ethyl adjacent to an activating group) is 1. The van der Waals surface area contributed by atoms with E-state index in [-0.39, 0.29) is 42.4 Å². The first kappa shape index (κ1) is 25.0. The predicted octanol–water partition coefficient (Wildman–Crippen LogP) is 3.69. The maximum absolute atomic E-state index is 14.2. The van der Waals surface area contributed by atoms with Crippen molar-refractivity contribution in [3.05, 3.63) is 64.2 Å². The first-order valence-electron chi connectivity index (χ1n) is 10.5. The molecule has 1 atom stereocenters. The van der Waals surface area contributed by atoms with Crippen molar-refractivity contribution >= 4 is 29.9 Å². The van der Waals surface area contributed by atoms with Crippen molar-refractivity contribution in [2.24, 2.45) is 5.73 Å². The van der Waals surface area contributed by atoms with Gasteiger partial charge in [0.2, 0.25) is 11.5 Å². The van der Waals surface area contributed by atoms with Crippen molar-refractivity contribution in [2.75, 3.05) is 31.1 Å². The molecular weight excluding hydrogens is 459 g/mol. The Morgan fingerprint density at radius 3 is 2.48 bits per heavy atom. The van der Waals surface area contributed by atoms with E-state index in [1.165, 1.54) is 11.0 Å². The van der Waals surface area contributed by atoms with Crippen molar-refractivity contribution in [3.8, 4) is 0 Å². The summed E-state index contributed by atoms with van der Waals surface area (Å²) >= 11 is 0. The van der Waals surface area contributed by atoms with Gasteiger partial charge in [-0.3, -0.25) is 9.59 Å². The maximum atomic E-state index is 14.2. The van der Waals surface area contributed by atoms with Crippen molar-refractivity contribution in [1.29, 1.82) is 0 Å². The molecule has 2 aliphatic rings. The number of anilines is 1. The number of amides is 2. The van der Waals surface area contributed by atoms with Gasteiger partial charge < -0.3 is 20.3 Å².